The van der Waals surface area contributed by atoms with Crippen LogP contribution in [0.2, 0.25) is 0 Å². The molecule has 1 fully saturated rings. The Bertz CT molecular complexity index is 345. The second-order valence-corrected chi connectivity index (χ2v) is 5.05. The van der Waals surface area contributed by atoms with Crippen molar-refractivity contribution in [3.05, 3.63) is 23.9 Å². The number of rotatable bonds is 5. The van der Waals surface area contributed by atoms with E-state index in [2.05, 4.69) is 40.4 Å². The molecule has 0 amide bonds. The first-order valence-electron chi connectivity index (χ1n) is 6.61. The molecule has 1 saturated carbocycles. The van der Waals surface area contributed by atoms with Gasteiger partial charge in [-0.15, -0.1) is 0 Å². The molecule has 1 N–H and O–H groups in total. The summed E-state index contributed by atoms with van der Waals surface area (Å²) in [6.45, 7) is 1.99. The van der Waals surface area contributed by atoms with Crippen LogP contribution in [0.3, 0.4) is 0 Å². The van der Waals surface area contributed by atoms with Gasteiger partial charge in [0.05, 0.1) is 5.69 Å². The van der Waals surface area contributed by atoms with Crippen LogP contribution in [0.15, 0.2) is 18.2 Å². The fourth-order valence-corrected chi connectivity index (χ4v) is 2.63. The summed E-state index contributed by atoms with van der Waals surface area (Å²) in [6.07, 6.45) is 5.60. The third-order valence-corrected chi connectivity index (χ3v) is 3.55. The van der Waals surface area contributed by atoms with Gasteiger partial charge in [-0.3, -0.25) is 0 Å². The van der Waals surface area contributed by atoms with Crippen LogP contribution in [-0.2, 0) is 6.54 Å². The highest BCUT2D eigenvalue weighted by molar-refractivity contribution is 5.38. The lowest BCUT2D eigenvalue weighted by molar-refractivity contribution is 0.544. The number of pyridine rings is 1. The lowest BCUT2D eigenvalue weighted by Crippen LogP contribution is -2.25. The van der Waals surface area contributed by atoms with Crippen LogP contribution >= 0.6 is 0 Å². The van der Waals surface area contributed by atoms with Gasteiger partial charge in [0.25, 0.3) is 0 Å². The summed E-state index contributed by atoms with van der Waals surface area (Å²) in [4.78, 5) is 6.97. The van der Waals surface area contributed by atoms with E-state index in [0.29, 0.717) is 0 Å². The van der Waals surface area contributed by atoms with Crippen LogP contribution in [0.4, 0.5) is 5.82 Å². The minimum absolute atomic E-state index is 0.838. The molecular formula is C14H23N3. The fourth-order valence-electron chi connectivity index (χ4n) is 2.63. The zero-order chi connectivity index (χ0) is 12.1. The average Bonchev–Trinajstić information content (AvgIpc) is 2.83. The zero-order valence-electron chi connectivity index (χ0n) is 10.9. The molecule has 0 radical (unpaired) electrons. The second-order valence-electron chi connectivity index (χ2n) is 5.05. The molecule has 1 aliphatic rings. The Hall–Kier alpha value is -1.09. The molecule has 1 aromatic rings. The zero-order valence-corrected chi connectivity index (χ0v) is 10.9. The van der Waals surface area contributed by atoms with Gasteiger partial charge in [0, 0.05) is 20.1 Å². The number of hydrogen-bond donors (Lipinski definition) is 1. The van der Waals surface area contributed by atoms with E-state index < -0.39 is 0 Å². The van der Waals surface area contributed by atoms with Gasteiger partial charge in [-0.2, -0.15) is 0 Å². The van der Waals surface area contributed by atoms with E-state index >= 15 is 0 Å². The molecular weight excluding hydrogens is 210 g/mol. The van der Waals surface area contributed by atoms with Crippen molar-refractivity contribution in [2.75, 3.05) is 25.5 Å². The molecule has 0 bridgehead atoms. The van der Waals surface area contributed by atoms with E-state index in [0.717, 1.165) is 30.5 Å². The van der Waals surface area contributed by atoms with Crippen LogP contribution in [0, 0.1) is 5.92 Å². The number of nitrogens with zero attached hydrogens (tertiary/aromatic N) is 2. The highest BCUT2D eigenvalue weighted by Gasteiger charge is 2.17. The van der Waals surface area contributed by atoms with Gasteiger partial charge < -0.3 is 10.2 Å². The molecule has 0 unspecified atom stereocenters. The van der Waals surface area contributed by atoms with E-state index in [4.69, 9.17) is 0 Å². The quantitative estimate of drug-likeness (QED) is 0.846. The van der Waals surface area contributed by atoms with Gasteiger partial charge in [-0.1, -0.05) is 18.9 Å². The van der Waals surface area contributed by atoms with Gasteiger partial charge >= 0.3 is 0 Å². The topological polar surface area (TPSA) is 28.2 Å². The molecule has 0 aromatic carbocycles. The molecule has 17 heavy (non-hydrogen) atoms. The molecule has 0 atom stereocenters. The number of aromatic nitrogens is 1. The van der Waals surface area contributed by atoms with Gasteiger partial charge in [0.1, 0.15) is 5.82 Å². The van der Waals surface area contributed by atoms with E-state index in [9.17, 15) is 0 Å². The molecule has 0 aliphatic heterocycles. The minimum atomic E-state index is 0.838. The lowest BCUT2D eigenvalue weighted by Gasteiger charge is -2.22. The van der Waals surface area contributed by atoms with Crippen LogP contribution in [-0.4, -0.2) is 25.6 Å². The fraction of sp³-hybridized carbons (Fsp3) is 0.643. The first kappa shape index (κ1) is 12.4. The van der Waals surface area contributed by atoms with E-state index in [1.165, 1.54) is 25.7 Å². The van der Waals surface area contributed by atoms with Crippen LogP contribution in [0.1, 0.15) is 31.4 Å². The maximum absolute atomic E-state index is 4.67. The van der Waals surface area contributed by atoms with E-state index in [1.807, 2.05) is 7.05 Å². The molecule has 0 saturated heterocycles. The van der Waals surface area contributed by atoms with Crippen molar-refractivity contribution in [2.24, 2.45) is 5.92 Å². The second kappa shape index (κ2) is 6.01. The average molecular weight is 233 g/mol. The maximum Gasteiger partial charge on any atom is 0.128 e. The molecule has 94 valence electrons. The number of hydrogen-bond acceptors (Lipinski definition) is 3. The molecule has 3 nitrogen and oxygen atoms in total. The monoisotopic (exact) mass is 233 g/mol. The highest BCUT2D eigenvalue weighted by Crippen LogP contribution is 2.26. The van der Waals surface area contributed by atoms with E-state index in [-0.39, 0.29) is 0 Å². The van der Waals surface area contributed by atoms with Crippen LogP contribution in [0.5, 0.6) is 0 Å². The summed E-state index contributed by atoms with van der Waals surface area (Å²) in [7, 11) is 4.11. The maximum atomic E-state index is 4.67. The Kier molecular flexibility index (Phi) is 4.37. The summed E-state index contributed by atoms with van der Waals surface area (Å²) in [6, 6.07) is 6.28. The SMILES string of the molecule is CNCc1cccc(N(C)CC2CCCC2)n1. The molecule has 1 heterocycles. The Morgan fingerprint density at radius 2 is 2.12 bits per heavy atom. The van der Waals surface area contributed by atoms with Crippen molar-refractivity contribution in [1.29, 1.82) is 0 Å². The largest absolute Gasteiger partial charge is 0.359 e. The van der Waals surface area contributed by atoms with Crippen molar-refractivity contribution in [2.45, 2.75) is 32.2 Å². The van der Waals surface area contributed by atoms with Gasteiger partial charge in [0.2, 0.25) is 0 Å². The summed E-state index contributed by atoms with van der Waals surface area (Å²) in [5.41, 5.74) is 1.11. The molecule has 2 rings (SSSR count). The van der Waals surface area contributed by atoms with Crippen molar-refractivity contribution in [3.8, 4) is 0 Å². The van der Waals surface area contributed by atoms with Crippen LogP contribution in [0.25, 0.3) is 0 Å². The Balaban J connectivity index is 1.97. The smallest absolute Gasteiger partial charge is 0.128 e. The first-order chi connectivity index (χ1) is 8.29. The first-order valence-corrected chi connectivity index (χ1v) is 6.61. The minimum Gasteiger partial charge on any atom is -0.359 e. The summed E-state index contributed by atoms with van der Waals surface area (Å²) < 4.78 is 0. The van der Waals surface area contributed by atoms with Crippen molar-refractivity contribution < 1.29 is 0 Å². The number of nitrogens with one attached hydrogen (secondary N) is 1. The normalized spacial score (nSPS) is 16.4. The highest BCUT2D eigenvalue weighted by atomic mass is 15.2. The third-order valence-electron chi connectivity index (χ3n) is 3.55. The van der Waals surface area contributed by atoms with Crippen molar-refractivity contribution in [3.63, 3.8) is 0 Å². The predicted molar refractivity (Wildman–Crippen MR) is 72.2 cm³/mol. The molecule has 1 aliphatic carbocycles. The van der Waals surface area contributed by atoms with Gasteiger partial charge in [-0.25, -0.2) is 4.98 Å². The summed E-state index contributed by atoms with van der Waals surface area (Å²) in [5, 5.41) is 3.14. The molecule has 1 aromatic heterocycles. The van der Waals surface area contributed by atoms with Crippen molar-refractivity contribution >= 4 is 5.82 Å². The molecule has 0 spiro atoms. The van der Waals surface area contributed by atoms with E-state index in [1.54, 1.807) is 0 Å². The lowest BCUT2D eigenvalue weighted by atomic mass is 10.1. The summed E-state index contributed by atoms with van der Waals surface area (Å²) >= 11 is 0. The standard InChI is InChI=1S/C14H23N3/c1-15-10-13-8-5-9-14(16-13)17(2)11-12-6-3-4-7-12/h5,8-9,12,15H,3-4,6-7,10-11H2,1-2H3. The molecule has 3 heteroatoms. The number of anilines is 1. The third kappa shape index (κ3) is 3.43. The Labute approximate surface area is 104 Å². The summed E-state index contributed by atoms with van der Waals surface area (Å²) in [5.74, 6) is 1.97. The van der Waals surface area contributed by atoms with Crippen LogP contribution < -0.4 is 10.2 Å². The Morgan fingerprint density at radius 3 is 2.82 bits per heavy atom. The predicted octanol–water partition coefficient (Wildman–Crippen LogP) is 2.43. The van der Waals surface area contributed by atoms with Gasteiger partial charge in [-0.05, 0) is 37.9 Å². The van der Waals surface area contributed by atoms with Gasteiger partial charge in [0.15, 0.2) is 0 Å². The van der Waals surface area contributed by atoms with Crippen molar-refractivity contribution in [1.82, 2.24) is 10.3 Å². The Morgan fingerprint density at radius 1 is 1.35 bits per heavy atom.